The van der Waals surface area contributed by atoms with Gasteiger partial charge in [0.1, 0.15) is 11.3 Å². The molecule has 0 bridgehead atoms. The van der Waals surface area contributed by atoms with Gasteiger partial charge in [-0.2, -0.15) is 11.8 Å². The number of aliphatic hydroxyl groups is 1. The Hall–Kier alpha value is -0.0700. The molecule has 0 aromatic carbocycles. The average molecular weight is 264 g/mol. The van der Waals surface area contributed by atoms with E-state index in [1.54, 1.807) is 23.5 Å². The van der Waals surface area contributed by atoms with Gasteiger partial charge in [-0.15, -0.1) is 5.10 Å². The zero-order valence-corrected chi connectivity index (χ0v) is 9.60. The molecule has 1 fully saturated rings. The van der Waals surface area contributed by atoms with Crippen LogP contribution < -0.4 is 0 Å². The van der Waals surface area contributed by atoms with Gasteiger partial charge in [-0.1, -0.05) is 5.21 Å². The van der Waals surface area contributed by atoms with Crippen LogP contribution in [-0.4, -0.2) is 31.6 Å². The fourth-order valence-electron chi connectivity index (χ4n) is 1.57. The second kappa shape index (κ2) is 3.25. The van der Waals surface area contributed by atoms with Crippen molar-refractivity contribution < 1.29 is 5.11 Å². The molecule has 0 saturated carbocycles. The van der Waals surface area contributed by atoms with Crippen LogP contribution in [0.3, 0.4) is 0 Å². The van der Waals surface area contributed by atoms with Crippen molar-refractivity contribution in [2.24, 2.45) is 7.05 Å². The molecule has 1 aromatic rings. The molecule has 1 N–H and O–H groups in total. The van der Waals surface area contributed by atoms with Crippen molar-refractivity contribution in [1.82, 2.24) is 15.0 Å². The predicted octanol–water partition coefficient (Wildman–Crippen LogP) is 0.902. The second-order valence-electron chi connectivity index (χ2n) is 3.19. The maximum absolute atomic E-state index is 10.3. The average Bonchev–Trinajstić information content (AvgIpc) is 2.60. The largest absolute Gasteiger partial charge is 0.383 e. The SMILES string of the molecule is Cn1nnc(Br)c1C1(O)CCSC1. The highest BCUT2D eigenvalue weighted by Crippen LogP contribution is 2.38. The van der Waals surface area contributed by atoms with E-state index in [-0.39, 0.29) is 0 Å². The molecular weight excluding hydrogens is 254 g/mol. The van der Waals surface area contributed by atoms with Crippen molar-refractivity contribution in [3.63, 3.8) is 0 Å². The lowest BCUT2D eigenvalue weighted by Gasteiger charge is -2.20. The molecule has 0 amide bonds. The van der Waals surface area contributed by atoms with E-state index in [1.807, 2.05) is 0 Å². The molecule has 1 unspecified atom stereocenters. The van der Waals surface area contributed by atoms with Gasteiger partial charge in [-0.05, 0) is 28.1 Å². The summed E-state index contributed by atoms with van der Waals surface area (Å²) in [7, 11) is 1.80. The summed E-state index contributed by atoms with van der Waals surface area (Å²) < 4.78 is 2.29. The number of aromatic nitrogens is 3. The number of hydrogen-bond acceptors (Lipinski definition) is 4. The van der Waals surface area contributed by atoms with Gasteiger partial charge in [0.05, 0.1) is 0 Å². The summed E-state index contributed by atoms with van der Waals surface area (Å²) in [5.41, 5.74) is 0.0411. The second-order valence-corrected chi connectivity index (χ2v) is 5.04. The number of halogens is 1. The Morgan fingerprint density at radius 1 is 1.69 bits per heavy atom. The summed E-state index contributed by atoms with van der Waals surface area (Å²) in [5.74, 6) is 1.72. The zero-order valence-electron chi connectivity index (χ0n) is 7.20. The predicted molar refractivity (Wildman–Crippen MR) is 54.5 cm³/mol. The Balaban J connectivity index is 2.43. The highest BCUT2D eigenvalue weighted by molar-refractivity contribution is 9.10. The minimum atomic E-state index is -0.748. The van der Waals surface area contributed by atoms with Crippen LogP contribution in [0.25, 0.3) is 0 Å². The van der Waals surface area contributed by atoms with Crippen LogP contribution in [0.1, 0.15) is 12.1 Å². The molecule has 13 heavy (non-hydrogen) atoms. The number of aryl methyl sites for hydroxylation is 1. The lowest BCUT2D eigenvalue weighted by molar-refractivity contribution is 0.0562. The Morgan fingerprint density at radius 2 is 2.46 bits per heavy atom. The topological polar surface area (TPSA) is 50.9 Å². The summed E-state index contributed by atoms with van der Waals surface area (Å²) in [5, 5.41) is 18.0. The van der Waals surface area contributed by atoms with Crippen LogP contribution in [0.4, 0.5) is 0 Å². The minimum Gasteiger partial charge on any atom is -0.383 e. The smallest absolute Gasteiger partial charge is 0.154 e. The van der Waals surface area contributed by atoms with Crippen LogP contribution in [0, 0.1) is 0 Å². The molecular formula is C7H10BrN3OS. The van der Waals surface area contributed by atoms with Gasteiger partial charge in [0, 0.05) is 12.8 Å². The fourth-order valence-corrected chi connectivity index (χ4v) is 3.51. The highest BCUT2D eigenvalue weighted by Gasteiger charge is 2.38. The monoisotopic (exact) mass is 263 g/mol. The summed E-state index contributed by atoms with van der Waals surface area (Å²) in [6.07, 6.45) is 0.775. The first-order valence-corrected chi connectivity index (χ1v) is 5.94. The van der Waals surface area contributed by atoms with Crippen molar-refractivity contribution in [2.75, 3.05) is 11.5 Å². The molecule has 4 nitrogen and oxygen atoms in total. The molecule has 1 aliphatic heterocycles. The van der Waals surface area contributed by atoms with Crippen LogP contribution >= 0.6 is 27.7 Å². The molecule has 1 aliphatic rings. The molecule has 1 atom stereocenters. The van der Waals surface area contributed by atoms with Gasteiger partial charge in [-0.3, -0.25) is 0 Å². The summed E-state index contributed by atoms with van der Waals surface area (Å²) in [6, 6.07) is 0. The Labute approximate surface area is 88.8 Å². The Morgan fingerprint density at radius 3 is 2.92 bits per heavy atom. The molecule has 1 saturated heterocycles. The Bertz CT molecular complexity index is 302. The van der Waals surface area contributed by atoms with Gasteiger partial charge in [0.15, 0.2) is 4.60 Å². The number of hydrogen-bond donors (Lipinski definition) is 1. The first-order chi connectivity index (χ1) is 6.13. The third kappa shape index (κ3) is 1.51. The third-order valence-corrected chi connectivity index (χ3v) is 3.94. The van der Waals surface area contributed by atoms with E-state index in [0.717, 1.165) is 23.6 Å². The van der Waals surface area contributed by atoms with Crippen molar-refractivity contribution in [3.05, 3.63) is 10.3 Å². The number of thioether (sulfide) groups is 1. The van der Waals surface area contributed by atoms with Gasteiger partial charge in [0.25, 0.3) is 0 Å². The van der Waals surface area contributed by atoms with Gasteiger partial charge >= 0.3 is 0 Å². The van der Waals surface area contributed by atoms with E-state index in [4.69, 9.17) is 0 Å². The summed E-state index contributed by atoms with van der Waals surface area (Å²) in [6.45, 7) is 0. The molecule has 0 spiro atoms. The standard InChI is InChI=1S/C7H10BrN3OS/c1-11-5(6(8)9-10-11)7(12)2-3-13-4-7/h12H,2-4H2,1H3. The van der Waals surface area contributed by atoms with E-state index in [0.29, 0.717) is 4.60 Å². The Kier molecular flexibility index (Phi) is 2.37. The van der Waals surface area contributed by atoms with Crippen molar-refractivity contribution >= 4 is 27.7 Å². The van der Waals surface area contributed by atoms with E-state index in [1.165, 1.54) is 0 Å². The first-order valence-electron chi connectivity index (χ1n) is 3.99. The summed E-state index contributed by atoms with van der Waals surface area (Å²) >= 11 is 5.06. The lowest BCUT2D eigenvalue weighted by Crippen LogP contribution is -2.28. The molecule has 6 heteroatoms. The summed E-state index contributed by atoms with van der Waals surface area (Å²) in [4.78, 5) is 0. The molecule has 2 rings (SSSR count). The molecule has 0 aliphatic carbocycles. The number of rotatable bonds is 1. The third-order valence-electron chi connectivity index (χ3n) is 2.23. The molecule has 72 valence electrons. The maximum Gasteiger partial charge on any atom is 0.154 e. The van der Waals surface area contributed by atoms with E-state index >= 15 is 0 Å². The van der Waals surface area contributed by atoms with Crippen LogP contribution in [0.15, 0.2) is 4.60 Å². The van der Waals surface area contributed by atoms with E-state index < -0.39 is 5.60 Å². The van der Waals surface area contributed by atoms with Crippen molar-refractivity contribution in [1.29, 1.82) is 0 Å². The van der Waals surface area contributed by atoms with Gasteiger partial charge in [-0.25, -0.2) is 4.68 Å². The van der Waals surface area contributed by atoms with Crippen LogP contribution in [0.2, 0.25) is 0 Å². The van der Waals surface area contributed by atoms with Crippen molar-refractivity contribution in [2.45, 2.75) is 12.0 Å². The fraction of sp³-hybridized carbons (Fsp3) is 0.714. The normalized spacial score (nSPS) is 28.2. The lowest BCUT2D eigenvalue weighted by atomic mass is 10.00. The minimum absolute atomic E-state index is 0.653. The molecule has 1 aromatic heterocycles. The van der Waals surface area contributed by atoms with Crippen molar-refractivity contribution in [3.8, 4) is 0 Å². The molecule has 2 heterocycles. The number of nitrogens with zero attached hydrogens (tertiary/aromatic N) is 3. The van der Waals surface area contributed by atoms with Crippen LogP contribution in [0.5, 0.6) is 0 Å². The van der Waals surface area contributed by atoms with Crippen LogP contribution in [-0.2, 0) is 12.6 Å². The zero-order chi connectivity index (χ0) is 9.47. The van der Waals surface area contributed by atoms with Gasteiger partial charge in [0.2, 0.25) is 0 Å². The van der Waals surface area contributed by atoms with E-state index in [9.17, 15) is 5.11 Å². The van der Waals surface area contributed by atoms with Gasteiger partial charge < -0.3 is 5.11 Å². The molecule has 0 radical (unpaired) electrons. The maximum atomic E-state index is 10.3. The van der Waals surface area contributed by atoms with E-state index in [2.05, 4.69) is 26.2 Å². The first kappa shape index (κ1) is 9.48. The highest BCUT2D eigenvalue weighted by atomic mass is 79.9. The quantitative estimate of drug-likeness (QED) is 0.818.